The summed E-state index contributed by atoms with van der Waals surface area (Å²) in [5.74, 6) is 0.533. The molecule has 0 saturated heterocycles. The lowest BCUT2D eigenvalue weighted by Gasteiger charge is -2.56. The maximum Gasteiger partial charge on any atom is 0.287 e. The van der Waals surface area contributed by atoms with Crippen molar-refractivity contribution in [1.29, 1.82) is 0 Å². The molecule has 2 unspecified atom stereocenters. The fourth-order valence-corrected chi connectivity index (χ4v) is 5.46. The molecular weight excluding hydrogens is 448 g/mol. The summed E-state index contributed by atoms with van der Waals surface area (Å²) in [6.45, 7) is 7.20. The van der Waals surface area contributed by atoms with Gasteiger partial charge in [0.2, 0.25) is 5.91 Å². The Labute approximate surface area is 204 Å². The number of anilines is 1. The standard InChI is InChI=1S/C27H30N2O6/c1-16(30)29-20-14-19(34-6)15-21(31)23(20)27(4,17-9-11-18(33-5)12-10-17)25(26(29,2)3)28-24(32)22-8-7-13-35-22/h7-15,25,31H,1-6H3,(H,28,32). The van der Waals surface area contributed by atoms with Gasteiger partial charge in [0, 0.05) is 30.0 Å². The van der Waals surface area contributed by atoms with Gasteiger partial charge in [0.05, 0.1) is 37.8 Å². The predicted molar refractivity (Wildman–Crippen MR) is 131 cm³/mol. The van der Waals surface area contributed by atoms with Crippen LogP contribution in [0.3, 0.4) is 0 Å². The highest BCUT2D eigenvalue weighted by molar-refractivity contribution is 5.98. The van der Waals surface area contributed by atoms with E-state index in [9.17, 15) is 14.7 Å². The summed E-state index contributed by atoms with van der Waals surface area (Å²) in [7, 11) is 3.09. The summed E-state index contributed by atoms with van der Waals surface area (Å²) in [6.07, 6.45) is 1.43. The number of phenols is 1. The van der Waals surface area contributed by atoms with Crippen LogP contribution in [0.2, 0.25) is 0 Å². The summed E-state index contributed by atoms with van der Waals surface area (Å²) in [5.41, 5.74) is -0.0468. The van der Waals surface area contributed by atoms with Crippen molar-refractivity contribution in [2.24, 2.45) is 0 Å². The van der Waals surface area contributed by atoms with Gasteiger partial charge in [-0.3, -0.25) is 9.59 Å². The minimum Gasteiger partial charge on any atom is -0.507 e. The Morgan fingerprint density at radius 2 is 1.69 bits per heavy atom. The molecule has 4 rings (SSSR count). The Hall–Kier alpha value is -3.94. The van der Waals surface area contributed by atoms with Crippen LogP contribution < -0.4 is 19.7 Å². The molecule has 0 aliphatic carbocycles. The number of carbonyl (C=O) groups is 2. The summed E-state index contributed by atoms with van der Waals surface area (Å²) in [4.78, 5) is 27.9. The van der Waals surface area contributed by atoms with E-state index in [-0.39, 0.29) is 17.4 Å². The van der Waals surface area contributed by atoms with Crippen LogP contribution in [0.1, 0.15) is 49.4 Å². The normalized spacial score (nSPS) is 20.6. The van der Waals surface area contributed by atoms with Crippen LogP contribution in [-0.2, 0) is 10.2 Å². The van der Waals surface area contributed by atoms with E-state index in [1.807, 2.05) is 45.0 Å². The van der Waals surface area contributed by atoms with Crippen molar-refractivity contribution in [3.05, 3.63) is 71.7 Å². The highest BCUT2D eigenvalue weighted by Crippen LogP contribution is 2.55. The number of rotatable bonds is 5. The summed E-state index contributed by atoms with van der Waals surface area (Å²) < 4.78 is 16.1. The molecule has 2 N–H and O–H groups in total. The molecule has 1 aliphatic rings. The van der Waals surface area contributed by atoms with Crippen molar-refractivity contribution in [3.63, 3.8) is 0 Å². The highest BCUT2D eigenvalue weighted by atomic mass is 16.5. The van der Waals surface area contributed by atoms with Gasteiger partial charge in [-0.1, -0.05) is 12.1 Å². The average Bonchev–Trinajstić information content (AvgIpc) is 3.36. The predicted octanol–water partition coefficient (Wildman–Crippen LogP) is 4.25. The van der Waals surface area contributed by atoms with Crippen molar-refractivity contribution in [3.8, 4) is 17.2 Å². The quantitative estimate of drug-likeness (QED) is 0.569. The van der Waals surface area contributed by atoms with Crippen LogP contribution >= 0.6 is 0 Å². The molecule has 8 nitrogen and oxygen atoms in total. The number of hydrogen-bond acceptors (Lipinski definition) is 6. The summed E-state index contributed by atoms with van der Waals surface area (Å²) in [6, 6.07) is 13.3. The zero-order chi connectivity index (χ0) is 25.5. The number of ether oxygens (including phenoxy) is 2. The maximum atomic E-state index is 13.2. The van der Waals surface area contributed by atoms with Crippen molar-refractivity contribution in [2.45, 2.75) is 44.7 Å². The number of hydrogen-bond donors (Lipinski definition) is 2. The van der Waals surface area contributed by atoms with E-state index in [4.69, 9.17) is 13.9 Å². The van der Waals surface area contributed by atoms with Gasteiger partial charge in [-0.05, 0) is 50.6 Å². The minimum atomic E-state index is -0.963. The third-order valence-electron chi connectivity index (χ3n) is 6.95. The van der Waals surface area contributed by atoms with Crippen LogP contribution in [0.4, 0.5) is 5.69 Å². The number of fused-ring (bicyclic) bond motifs is 1. The van der Waals surface area contributed by atoms with Gasteiger partial charge >= 0.3 is 0 Å². The van der Waals surface area contributed by atoms with Gasteiger partial charge in [-0.25, -0.2) is 0 Å². The first-order valence-corrected chi connectivity index (χ1v) is 11.3. The third-order valence-corrected chi connectivity index (χ3v) is 6.95. The molecule has 0 spiro atoms. The second kappa shape index (κ2) is 8.69. The first-order chi connectivity index (χ1) is 16.5. The van der Waals surface area contributed by atoms with Gasteiger partial charge in [0.25, 0.3) is 5.91 Å². The molecule has 0 fully saturated rings. The molecule has 3 aromatic rings. The summed E-state index contributed by atoms with van der Waals surface area (Å²) in [5, 5.41) is 14.4. The van der Waals surface area contributed by atoms with Crippen molar-refractivity contribution < 1.29 is 28.6 Å². The van der Waals surface area contributed by atoms with Crippen molar-refractivity contribution in [2.75, 3.05) is 19.1 Å². The van der Waals surface area contributed by atoms with Crippen LogP contribution in [-0.4, -0.2) is 42.7 Å². The van der Waals surface area contributed by atoms with E-state index in [1.165, 1.54) is 26.4 Å². The fraction of sp³-hybridized carbons (Fsp3) is 0.333. The Bertz CT molecular complexity index is 1250. The SMILES string of the molecule is COc1ccc(C2(C)c3c(O)cc(OC)cc3N(C(C)=O)C(C)(C)C2NC(=O)c2ccco2)cc1. The lowest BCUT2D eigenvalue weighted by atomic mass is 9.61. The summed E-state index contributed by atoms with van der Waals surface area (Å²) >= 11 is 0. The van der Waals surface area contributed by atoms with E-state index in [1.54, 1.807) is 30.2 Å². The molecular formula is C27H30N2O6. The Morgan fingerprint density at radius 1 is 1.03 bits per heavy atom. The molecule has 2 atom stereocenters. The van der Waals surface area contributed by atoms with Crippen LogP contribution in [0.25, 0.3) is 0 Å². The Kier molecular flexibility index (Phi) is 6.00. The van der Waals surface area contributed by atoms with E-state index < -0.39 is 22.9 Å². The molecule has 1 aliphatic heterocycles. The molecule has 2 heterocycles. The molecule has 0 bridgehead atoms. The van der Waals surface area contributed by atoms with E-state index in [0.29, 0.717) is 22.7 Å². The van der Waals surface area contributed by atoms with Gasteiger partial charge in [0.1, 0.15) is 17.2 Å². The molecule has 35 heavy (non-hydrogen) atoms. The van der Waals surface area contributed by atoms with Gasteiger partial charge in [0.15, 0.2) is 5.76 Å². The number of nitrogens with one attached hydrogen (secondary N) is 1. The fourth-order valence-electron chi connectivity index (χ4n) is 5.46. The Morgan fingerprint density at radius 3 is 2.23 bits per heavy atom. The second-order valence-electron chi connectivity index (χ2n) is 9.36. The van der Waals surface area contributed by atoms with Gasteiger partial charge in [-0.15, -0.1) is 0 Å². The van der Waals surface area contributed by atoms with E-state index in [0.717, 1.165) is 5.56 Å². The first-order valence-electron chi connectivity index (χ1n) is 11.3. The second-order valence-corrected chi connectivity index (χ2v) is 9.36. The van der Waals surface area contributed by atoms with Crippen molar-refractivity contribution in [1.82, 2.24) is 5.32 Å². The number of carbonyl (C=O) groups excluding carboxylic acids is 2. The third kappa shape index (κ3) is 3.79. The first kappa shape index (κ1) is 24.2. The number of aromatic hydroxyl groups is 1. The molecule has 1 aromatic heterocycles. The molecule has 0 saturated carbocycles. The molecule has 2 amide bonds. The molecule has 0 radical (unpaired) electrons. The zero-order valence-corrected chi connectivity index (χ0v) is 20.7. The van der Waals surface area contributed by atoms with Crippen LogP contribution in [0, 0.1) is 0 Å². The number of phenolic OH excluding ortho intramolecular Hbond substituents is 1. The number of methoxy groups -OCH3 is 2. The number of nitrogens with zero attached hydrogens (tertiary/aromatic N) is 1. The minimum absolute atomic E-state index is 0.0448. The van der Waals surface area contributed by atoms with Crippen LogP contribution in [0.15, 0.2) is 59.2 Å². The largest absolute Gasteiger partial charge is 0.507 e. The van der Waals surface area contributed by atoms with Gasteiger partial charge < -0.3 is 29.2 Å². The number of benzene rings is 2. The topological polar surface area (TPSA) is 101 Å². The number of furan rings is 1. The van der Waals surface area contributed by atoms with E-state index in [2.05, 4.69) is 5.32 Å². The highest BCUT2D eigenvalue weighted by Gasteiger charge is 2.57. The van der Waals surface area contributed by atoms with Crippen molar-refractivity contribution >= 4 is 17.5 Å². The number of amides is 2. The smallest absolute Gasteiger partial charge is 0.287 e. The molecule has 184 valence electrons. The van der Waals surface area contributed by atoms with Gasteiger partial charge in [-0.2, -0.15) is 0 Å². The monoisotopic (exact) mass is 478 g/mol. The zero-order valence-electron chi connectivity index (χ0n) is 20.7. The lowest BCUT2D eigenvalue weighted by Crippen LogP contribution is -2.70. The average molecular weight is 479 g/mol. The maximum absolute atomic E-state index is 13.2. The Balaban J connectivity index is 2.03. The van der Waals surface area contributed by atoms with Crippen LogP contribution in [0.5, 0.6) is 17.2 Å². The lowest BCUT2D eigenvalue weighted by molar-refractivity contribution is -0.118. The van der Waals surface area contributed by atoms with E-state index >= 15 is 0 Å². The molecule has 2 aromatic carbocycles. The molecule has 8 heteroatoms.